The molecule has 1 rings (SSSR count). The average molecular weight is 215 g/mol. The number of hydrogen-bond donors (Lipinski definition) is 1. The molecule has 0 spiro atoms. The van der Waals surface area contributed by atoms with Gasteiger partial charge in [0.05, 0.1) is 13.2 Å². The fourth-order valence-electron chi connectivity index (χ4n) is 1.60. The number of amides is 1. The van der Waals surface area contributed by atoms with Gasteiger partial charge < -0.3 is 14.8 Å². The van der Waals surface area contributed by atoms with Crippen molar-refractivity contribution in [2.24, 2.45) is 11.3 Å². The quantitative estimate of drug-likeness (QED) is 0.713. The summed E-state index contributed by atoms with van der Waals surface area (Å²) in [4.78, 5) is 11.5. The van der Waals surface area contributed by atoms with E-state index in [4.69, 9.17) is 9.47 Å². The Kier molecular flexibility index (Phi) is 4.54. The van der Waals surface area contributed by atoms with E-state index in [1.165, 1.54) is 0 Å². The van der Waals surface area contributed by atoms with Gasteiger partial charge >= 0.3 is 0 Å². The highest BCUT2D eigenvalue weighted by Crippen LogP contribution is 2.25. The zero-order valence-electron chi connectivity index (χ0n) is 9.84. The van der Waals surface area contributed by atoms with Gasteiger partial charge in [0.2, 0.25) is 5.91 Å². The molecule has 1 unspecified atom stereocenters. The fourth-order valence-corrected chi connectivity index (χ4v) is 1.60. The van der Waals surface area contributed by atoms with Gasteiger partial charge in [0.25, 0.3) is 0 Å². The Hall–Kier alpha value is -0.610. The number of rotatable bonds is 6. The lowest BCUT2D eigenvalue weighted by Crippen LogP contribution is -2.48. The van der Waals surface area contributed by atoms with Crippen LogP contribution in [-0.4, -0.2) is 39.4 Å². The molecule has 1 aliphatic heterocycles. The third-order valence-electron chi connectivity index (χ3n) is 2.60. The summed E-state index contributed by atoms with van der Waals surface area (Å²) in [6.07, 6.45) is 0.533. The second-order valence-corrected chi connectivity index (χ2v) is 4.84. The maximum atomic E-state index is 11.5. The molecule has 0 saturated carbocycles. The maximum Gasteiger partial charge on any atom is 0.220 e. The van der Waals surface area contributed by atoms with Crippen molar-refractivity contribution in [2.75, 3.05) is 33.5 Å². The summed E-state index contributed by atoms with van der Waals surface area (Å²) in [5, 5.41) is 2.94. The van der Waals surface area contributed by atoms with Crippen LogP contribution in [0.4, 0.5) is 0 Å². The van der Waals surface area contributed by atoms with E-state index in [1.807, 2.05) is 6.92 Å². The number of carbonyl (C=O) groups excluding carboxylic acids is 1. The predicted molar refractivity (Wildman–Crippen MR) is 57.6 cm³/mol. The number of hydrogen-bond acceptors (Lipinski definition) is 3. The first-order chi connectivity index (χ1) is 7.06. The molecule has 1 N–H and O–H groups in total. The molecule has 0 bridgehead atoms. The molecule has 1 aliphatic rings. The third-order valence-corrected chi connectivity index (χ3v) is 2.60. The minimum atomic E-state index is 0.104. The van der Waals surface area contributed by atoms with Gasteiger partial charge in [-0.15, -0.1) is 0 Å². The summed E-state index contributed by atoms with van der Waals surface area (Å²) in [5.41, 5.74) is 0.153. The summed E-state index contributed by atoms with van der Waals surface area (Å²) in [6.45, 7) is 6.98. The van der Waals surface area contributed by atoms with Gasteiger partial charge in [0.1, 0.15) is 0 Å². The van der Waals surface area contributed by atoms with Crippen LogP contribution in [0.5, 0.6) is 0 Å². The van der Waals surface area contributed by atoms with Gasteiger partial charge in [-0.05, 0) is 5.92 Å². The van der Waals surface area contributed by atoms with Gasteiger partial charge in [-0.2, -0.15) is 0 Å². The molecular weight excluding hydrogens is 194 g/mol. The SMILES string of the molecule is COCC(C)CC(=O)NCC1(C)COC1. The van der Waals surface area contributed by atoms with Crippen molar-refractivity contribution >= 4 is 5.91 Å². The second kappa shape index (κ2) is 5.47. The highest BCUT2D eigenvalue weighted by molar-refractivity contribution is 5.76. The van der Waals surface area contributed by atoms with E-state index in [-0.39, 0.29) is 17.2 Å². The molecule has 0 aliphatic carbocycles. The third kappa shape index (κ3) is 4.18. The van der Waals surface area contributed by atoms with Gasteiger partial charge in [-0.3, -0.25) is 4.79 Å². The molecule has 88 valence electrons. The summed E-state index contributed by atoms with van der Waals surface area (Å²) in [5.74, 6) is 0.383. The van der Waals surface area contributed by atoms with Crippen LogP contribution in [-0.2, 0) is 14.3 Å². The van der Waals surface area contributed by atoms with Gasteiger partial charge in [-0.25, -0.2) is 0 Å². The summed E-state index contributed by atoms with van der Waals surface area (Å²) >= 11 is 0. The molecule has 1 atom stereocenters. The molecule has 4 heteroatoms. The van der Waals surface area contributed by atoms with Crippen molar-refractivity contribution in [3.63, 3.8) is 0 Å². The summed E-state index contributed by atoms with van der Waals surface area (Å²) in [7, 11) is 1.65. The van der Waals surface area contributed by atoms with Crippen LogP contribution in [0.15, 0.2) is 0 Å². The minimum Gasteiger partial charge on any atom is -0.384 e. The van der Waals surface area contributed by atoms with Crippen LogP contribution in [0.25, 0.3) is 0 Å². The number of methoxy groups -OCH3 is 1. The first-order valence-electron chi connectivity index (χ1n) is 5.39. The second-order valence-electron chi connectivity index (χ2n) is 4.84. The zero-order chi connectivity index (χ0) is 11.3. The lowest BCUT2D eigenvalue weighted by Gasteiger charge is -2.38. The number of nitrogens with one attached hydrogen (secondary N) is 1. The molecular formula is C11H21NO3. The number of carbonyl (C=O) groups is 1. The van der Waals surface area contributed by atoms with Crippen LogP contribution < -0.4 is 5.32 Å². The lowest BCUT2D eigenvalue weighted by molar-refractivity contribution is -0.127. The largest absolute Gasteiger partial charge is 0.384 e. The Bertz CT molecular complexity index is 214. The van der Waals surface area contributed by atoms with Crippen molar-refractivity contribution < 1.29 is 14.3 Å². The Morgan fingerprint density at radius 3 is 2.73 bits per heavy atom. The van der Waals surface area contributed by atoms with Crippen LogP contribution >= 0.6 is 0 Å². The van der Waals surface area contributed by atoms with E-state index in [0.29, 0.717) is 19.6 Å². The van der Waals surface area contributed by atoms with Gasteiger partial charge in [0, 0.05) is 32.1 Å². The molecule has 1 amide bonds. The van der Waals surface area contributed by atoms with Crippen molar-refractivity contribution in [3.8, 4) is 0 Å². The Morgan fingerprint density at radius 1 is 1.60 bits per heavy atom. The first kappa shape index (κ1) is 12.5. The molecule has 0 aromatic heterocycles. The average Bonchev–Trinajstić information content (AvgIpc) is 2.12. The monoisotopic (exact) mass is 215 g/mol. The minimum absolute atomic E-state index is 0.104. The Balaban J connectivity index is 2.13. The Labute approximate surface area is 91.3 Å². The lowest BCUT2D eigenvalue weighted by atomic mass is 9.88. The summed E-state index contributed by atoms with van der Waals surface area (Å²) in [6, 6.07) is 0. The van der Waals surface area contributed by atoms with Crippen molar-refractivity contribution in [1.82, 2.24) is 5.32 Å². The van der Waals surface area contributed by atoms with Crippen LogP contribution in [0.1, 0.15) is 20.3 Å². The standard InChI is InChI=1S/C11H21NO3/c1-9(5-14-3)4-10(13)12-6-11(2)7-15-8-11/h9H,4-8H2,1-3H3,(H,12,13). The molecule has 4 nitrogen and oxygen atoms in total. The van der Waals surface area contributed by atoms with E-state index >= 15 is 0 Å². The van der Waals surface area contributed by atoms with E-state index in [1.54, 1.807) is 7.11 Å². The zero-order valence-corrected chi connectivity index (χ0v) is 9.84. The maximum absolute atomic E-state index is 11.5. The predicted octanol–water partition coefficient (Wildman–Crippen LogP) is 0.812. The van der Waals surface area contributed by atoms with Crippen LogP contribution in [0, 0.1) is 11.3 Å². The molecule has 0 aromatic rings. The molecule has 0 radical (unpaired) electrons. The van der Waals surface area contributed by atoms with E-state index in [2.05, 4.69) is 12.2 Å². The van der Waals surface area contributed by atoms with Gasteiger partial charge in [0.15, 0.2) is 0 Å². The molecule has 0 aromatic carbocycles. The highest BCUT2D eigenvalue weighted by Gasteiger charge is 2.33. The van der Waals surface area contributed by atoms with Crippen LogP contribution in [0.2, 0.25) is 0 Å². The van der Waals surface area contributed by atoms with Crippen molar-refractivity contribution in [2.45, 2.75) is 20.3 Å². The van der Waals surface area contributed by atoms with Crippen LogP contribution in [0.3, 0.4) is 0 Å². The summed E-state index contributed by atoms with van der Waals surface area (Å²) < 4.78 is 10.1. The van der Waals surface area contributed by atoms with E-state index in [9.17, 15) is 4.79 Å². The van der Waals surface area contributed by atoms with Gasteiger partial charge in [-0.1, -0.05) is 13.8 Å². The van der Waals surface area contributed by atoms with E-state index < -0.39 is 0 Å². The molecule has 1 fully saturated rings. The molecule has 1 heterocycles. The molecule has 15 heavy (non-hydrogen) atoms. The van der Waals surface area contributed by atoms with Crippen molar-refractivity contribution in [1.29, 1.82) is 0 Å². The topological polar surface area (TPSA) is 47.6 Å². The number of ether oxygens (including phenoxy) is 2. The normalized spacial score (nSPS) is 20.5. The molecule has 1 saturated heterocycles. The first-order valence-corrected chi connectivity index (χ1v) is 5.39. The fraction of sp³-hybridized carbons (Fsp3) is 0.909. The smallest absolute Gasteiger partial charge is 0.220 e. The Morgan fingerprint density at radius 2 is 2.27 bits per heavy atom. The highest BCUT2D eigenvalue weighted by atomic mass is 16.5. The van der Waals surface area contributed by atoms with E-state index in [0.717, 1.165) is 13.2 Å². The van der Waals surface area contributed by atoms with Crippen molar-refractivity contribution in [3.05, 3.63) is 0 Å².